The molecule has 2 aliphatic heterocycles. The Balaban J connectivity index is 1.17. The molecule has 216 valence electrons. The number of likely N-dealkylation sites (N-methyl/N-ethyl adjacent to an activating group) is 1. The van der Waals surface area contributed by atoms with Gasteiger partial charge >= 0.3 is 0 Å². The minimum absolute atomic E-state index is 0.00742. The first-order valence-electron chi connectivity index (χ1n) is 14.7. The fourth-order valence-electron chi connectivity index (χ4n) is 7.97. The normalized spacial score (nSPS) is 26.4. The molecule has 1 aromatic heterocycles. The lowest BCUT2D eigenvalue weighted by atomic mass is 9.79. The number of amides is 2. The molecular formula is C34H34F2N4O2. The van der Waals surface area contributed by atoms with Crippen LogP contribution in [0, 0.1) is 11.6 Å². The number of nitrogens with one attached hydrogen (secondary N) is 1. The molecule has 2 atom stereocenters. The summed E-state index contributed by atoms with van der Waals surface area (Å²) in [5.41, 5.74) is 2.55. The molecule has 1 N–H and O–H groups in total. The fourth-order valence-corrected chi connectivity index (χ4v) is 7.97. The van der Waals surface area contributed by atoms with Crippen molar-refractivity contribution >= 4 is 23.7 Å². The highest BCUT2D eigenvalue weighted by Gasteiger charge is 2.56. The van der Waals surface area contributed by atoms with Gasteiger partial charge in [-0.3, -0.25) is 14.5 Å². The molecule has 2 spiro atoms. The average Bonchev–Trinajstić information content (AvgIpc) is 3.66. The zero-order valence-corrected chi connectivity index (χ0v) is 23.9. The molecule has 6 nitrogen and oxygen atoms in total. The zero-order chi connectivity index (χ0) is 29.3. The summed E-state index contributed by atoms with van der Waals surface area (Å²) in [6.45, 7) is 2.69. The number of rotatable bonds is 4. The quantitative estimate of drug-likeness (QED) is 0.460. The molecule has 1 saturated heterocycles. The first-order valence-corrected chi connectivity index (χ1v) is 14.7. The lowest BCUT2D eigenvalue weighted by molar-refractivity contribution is -0.162. The third-order valence-corrected chi connectivity index (χ3v) is 10.2. The third-order valence-electron chi connectivity index (χ3n) is 10.2. The Morgan fingerprint density at radius 3 is 2.50 bits per heavy atom. The Bertz CT molecular complexity index is 1630. The molecule has 0 bridgehead atoms. The van der Waals surface area contributed by atoms with Crippen molar-refractivity contribution in [3.63, 3.8) is 0 Å². The summed E-state index contributed by atoms with van der Waals surface area (Å²) < 4.78 is 28.7. The van der Waals surface area contributed by atoms with Crippen LogP contribution in [-0.2, 0) is 33.4 Å². The van der Waals surface area contributed by atoms with Gasteiger partial charge in [-0.05, 0) is 80.1 Å². The summed E-state index contributed by atoms with van der Waals surface area (Å²) in [6, 6.07) is 13.7. The third kappa shape index (κ3) is 3.95. The lowest BCUT2D eigenvalue weighted by Gasteiger charge is -2.55. The van der Waals surface area contributed by atoms with Gasteiger partial charge in [0.1, 0.15) is 23.0 Å². The second kappa shape index (κ2) is 9.56. The number of piperazine rings is 1. The number of carbonyl (C=O) groups is 2. The Morgan fingerprint density at radius 2 is 1.74 bits per heavy atom. The van der Waals surface area contributed by atoms with E-state index >= 15 is 0 Å². The van der Waals surface area contributed by atoms with E-state index in [1.165, 1.54) is 12.1 Å². The Hall–Kier alpha value is -3.91. The summed E-state index contributed by atoms with van der Waals surface area (Å²) in [5.74, 6) is -0.645. The smallest absolute Gasteiger partial charge is 0.244 e. The van der Waals surface area contributed by atoms with Crippen molar-refractivity contribution in [3.8, 4) is 0 Å². The molecule has 0 radical (unpaired) electrons. The van der Waals surface area contributed by atoms with Gasteiger partial charge in [0.15, 0.2) is 0 Å². The standard InChI is InChI=1S/C34H34F2N4O2/c1-32(25-16-26(35)18-27(36)17-25)21-39(2)34(11-3-4-12-34)31(42)40(32)14-6-7-22-9-10-23-19-33(20-24(23)15-22)28-8-5-13-37-29(28)38-30(33)41/h5-10,13,15-18H,3-4,11-12,14,19-21H2,1-2H3,(H,37,38,41)/t32-,33+/m0/s1. The molecule has 7 rings (SSSR count). The van der Waals surface area contributed by atoms with E-state index in [0.717, 1.165) is 54.0 Å². The molecule has 3 aromatic rings. The van der Waals surface area contributed by atoms with Crippen molar-refractivity contribution in [1.29, 1.82) is 0 Å². The van der Waals surface area contributed by atoms with Crippen molar-refractivity contribution in [3.05, 3.63) is 100 Å². The molecule has 2 aromatic carbocycles. The largest absolute Gasteiger partial charge is 0.327 e. The lowest BCUT2D eigenvalue weighted by Crippen LogP contribution is -2.70. The van der Waals surface area contributed by atoms with Crippen molar-refractivity contribution in [1.82, 2.24) is 14.8 Å². The van der Waals surface area contributed by atoms with E-state index in [0.29, 0.717) is 37.3 Å². The zero-order valence-electron chi connectivity index (χ0n) is 23.9. The van der Waals surface area contributed by atoms with Gasteiger partial charge in [0, 0.05) is 30.9 Å². The van der Waals surface area contributed by atoms with E-state index in [1.807, 2.05) is 49.2 Å². The van der Waals surface area contributed by atoms with Gasteiger partial charge in [0.05, 0.1) is 11.0 Å². The molecule has 42 heavy (non-hydrogen) atoms. The summed E-state index contributed by atoms with van der Waals surface area (Å²) >= 11 is 0. The van der Waals surface area contributed by atoms with Crippen LogP contribution in [0.15, 0.2) is 60.8 Å². The van der Waals surface area contributed by atoms with Crippen LogP contribution < -0.4 is 5.32 Å². The monoisotopic (exact) mass is 568 g/mol. The molecule has 3 heterocycles. The minimum atomic E-state index is -0.908. The summed E-state index contributed by atoms with van der Waals surface area (Å²) in [4.78, 5) is 35.6. The maximum absolute atomic E-state index is 14.4. The highest BCUT2D eigenvalue weighted by atomic mass is 19.1. The van der Waals surface area contributed by atoms with E-state index in [-0.39, 0.29) is 11.8 Å². The van der Waals surface area contributed by atoms with Crippen LogP contribution in [0.2, 0.25) is 0 Å². The highest BCUT2D eigenvalue weighted by molar-refractivity contribution is 6.06. The van der Waals surface area contributed by atoms with Gasteiger partial charge in [0.25, 0.3) is 0 Å². The molecule has 4 aliphatic rings. The number of aromatic nitrogens is 1. The summed E-state index contributed by atoms with van der Waals surface area (Å²) in [5, 5.41) is 2.95. The molecule has 1 saturated carbocycles. The SMILES string of the molecule is CN1C[C@@](C)(c2cc(F)cc(F)c2)N(CC=Cc2ccc3c(c2)C[C@@]2(C3)C(=O)Nc3ncccc32)C(=O)C12CCCC2. The second-order valence-electron chi connectivity index (χ2n) is 12.7. The first kappa shape index (κ1) is 27.0. The number of benzene rings is 2. The second-order valence-corrected chi connectivity index (χ2v) is 12.7. The molecule has 2 aliphatic carbocycles. The molecular weight excluding hydrogens is 534 g/mol. The number of fused-ring (bicyclic) bond motifs is 3. The van der Waals surface area contributed by atoms with Crippen LogP contribution in [0.4, 0.5) is 14.6 Å². The van der Waals surface area contributed by atoms with E-state index in [1.54, 1.807) is 6.20 Å². The fraction of sp³-hybridized carbons (Fsp3) is 0.382. The number of nitrogens with zero attached hydrogens (tertiary/aromatic N) is 3. The highest BCUT2D eigenvalue weighted by Crippen LogP contribution is 2.47. The maximum Gasteiger partial charge on any atom is 0.244 e. The molecule has 2 amide bonds. The Kier molecular flexibility index (Phi) is 6.13. The number of carbonyl (C=O) groups excluding carboxylic acids is 2. The van der Waals surface area contributed by atoms with Crippen LogP contribution in [-0.4, -0.2) is 52.3 Å². The number of anilines is 1. The van der Waals surface area contributed by atoms with Crippen molar-refractivity contribution < 1.29 is 18.4 Å². The van der Waals surface area contributed by atoms with Crippen molar-refractivity contribution in [2.24, 2.45) is 0 Å². The number of hydrogen-bond donors (Lipinski definition) is 1. The van der Waals surface area contributed by atoms with Crippen LogP contribution in [0.25, 0.3) is 6.08 Å². The average molecular weight is 569 g/mol. The summed E-state index contributed by atoms with van der Waals surface area (Å²) in [6.07, 6.45) is 10.4. The first-order chi connectivity index (χ1) is 20.1. The Labute approximate surface area is 244 Å². The number of halogens is 2. The minimum Gasteiger partial charge on any atom is -0.327 e. The number of pyridine rings is 1. The van der Waals surface area contributed by atoms with E-state index < -0.39 is 28.1 Å². The molecule has 0 unspecified atom stereocenters. The topological polar surface area (TPSA) is 65.5 Å². The molecule has 8 heteroatoms. The van der Waals surface area contributed by atoms with E-state index in [4.69, 9.17) is 0 Å². The maximum atomic E-state index is 14.4. The van der Waals surface area contributed by atoms with Crippen LogP contribution in [0.1, 0.15) is 60.4 Å². The molecule has 2 fully saturated rings. The van der Waals surface area contributed by atoms with Gasteiger partial charge in [-0.25, -0.2) is 13.8 Å². The predicted octanol–water partition coefficient (Wildman–Crippen LogP) is 5.36. The number of hydrogen-bond acceptors (Lipinski definition) is 4. The predicted molar refractivity (Wildman–Crippen MR) is 157 cm³/mol. The van der Waals surface area contributed by atoms with Gasteiger partial charge < -0.3 is 10.2 Å². The van der Waals surface area contributed by atoms with E-state index in [9.17, 15) is 18.4 Å². The van der Waals surface area contributed by atoms with Crippen molar-refractivity contribution in [2.45, 2.75) is 61.9 Å². The van der Waals surface area contributed by atoms with Gasteiger partial charge in [-0.2, -0.15) is 0 Å². The summed E-state index contributed by atoms with van der Waals surface area (Å²) in [7, 11) is 1.96. The van der Waals surface area contributed by atoms with Crippen LogP contribution >= 0.6 is 0 Å². The van der Waals surface area contributed by atoms with Crippen LogP contribution in [0.3, 0.4) is 0 Å². The van der Waals surface area contributed by atoms with Crippen molar-refractivity contribution in [2.75, 3.05) is 25.5 Å². The van der Waals surface area contributed by atoms with Gasteiger partial charge in [-0.15, -0.1) is 0 Å². The van der Waals surface area contributed by atoms with Gasteiger partial charge in [0.2, 0.25) is 11.8 Å². The van der Waals surface area contributed by atoms with Gasteiger partial charge in [-0.1, -0.05) is 49.3 Å². The van der Waals surface area contributed by atoms with Crippen LogP contribution in [0.5, 0.6) is 0 Å². The van der Waals surface area contributed by atoms with E-state index in [2.05, 4.69) is 27.3 Å². The Morgan fingerprint density at radius 1 is 1.00 bits per heavy atom.